The van der Waals surface area contributed by atoms with Crippen LogP contribution >= 0.6 is 0 Å². The highest BCUT2D eigenvalue weighted by molar-refractivity contribution is 4.62. The van der Waals surface area contributed by atoms with Gasteiger partial charge in [0, 0.05) is 13.7 Å². The van der Waals surface area contributed by atoms with Crippen molar-refractivity contribution in [3.8, 4) is 0 Å². The van der Waals surface area contributed by atoms with E-state index in [1.807, 2.05) is 13.8 Å². The Balaban J connectivity index is -0.000000150. The van der Waals surface area contributed by atoms with Crippen LogP contribution in [-0.2, 0) is 9.47 Å². The summed E-state index contributed by atoms with van der Waals surface area (Å²) in [7, 11) is 1.31. The standard InChI is InChI=1S/C10H22.C7H13F3O.C6H11F3O.C3H4F4.C2HF5/c1-3-5-7-9-10-8-6-4-2;1-3-4-6(11-2)5-7(8,9)10;1-2-3-4-10-5-6(7,8)9;1-2(4)3(5,6)7;3-1(4)2(5,6)7/h3-10H2,1-2H3;6H,3-5H2,1-2H3;2-5H2,1H3;2H,1H3;1H. The van der Waals surface area contributed by atoms with E-state index in [0.29, 0.717) is 26.2 Å². The van der Waals surface area contributed by atoms with Crippen LogP contribution in [-0.4, -0.2) is 63.7 Å². The van der Waals surface area contributed by atoms with Crippen molar-refractivity contribution in [3.05, 3.63) is 0 Å². The predicted octanol–water partition coefficient (Wildman–Crippen LogP) is 13.0. The summed E-state index contributed by atoms with van der Waals surface area (Å²) in [6.07, 6.45) is -12.5. The molecule has 0 bridgehead atoms. The normalized spacial score (nSPS) is 13.2. The molecule has 2 unspecified atom stereocenters. The molecule has 0 aliphatic heterocycles. The molecule has 2 atom stereocenters. The van der Waals surface area contributed by atoms with Gasteiger partial charge in [-0.15, -0.1) is 0 Å². The first kappa shape index (κ1) is 53.4. The van der Waals surface area contributed by atoms with Crippen LogP contribution in [0.3, 0.4) is 0 Å². The van der Waals surface area contributed by atoms with Crippen molar-refractivity contribution in [3.63, 3.8) is 0 Å². The third-order valence-electron chi connectivity index (χ3n) is 4.97. The lowest BCUT2D eigenvalue weighted by Gasteiger charge is -2.15. The van der Waals surface area contributed by atoms with Gasteiger partial charge in [-0.1, -0.05) is 91.9 Å². The third kappa shape index (κ3) is 58.9. The molecule has 0 aliphatic rings. The Morgan fingerprint density at radius 1 is 0.533 bits per heavy atom. The Morgan fingerprint density at radius 3 is 1.11 bits per heavy atom. The molecule has 0 aliphatic carbocycles. The van der Waals surface area contributed by atoms with Gasteiger partial charge in [-0.2, -0.15) is 52.7 Å². The minimum Gasteiger partial charge on any atom is -0.381 e. The van der Waals surface area contributed by atoms with Crippen LogP contribution < -0.4 is 0 Å². The molecule has 2 nitrogen and oxygen atoms in total. The maximum Gasteiger partial charge on any atom is 0.450 e. The van der Waals surface area contributed by atoms with Crippen LogP contribution in [0.2, 0.25) is 0 Å². The van der Waals surface area contributed by atoms with Gasteiger partial charge in [0.25, 0.3) is 0 Å². The second kappa shape index (κ2) is 31.5. The predicted molar refractivity (Wildman–Crippen MR) is 145 cm³/mol. The van der Waals surface area contributed by atoms with Crippen molar-refractivity contribution in [2.75, 3.05) is 20.3 Å². The number of hydrogen-bond donors (Lipinski definition) is 0. The van der Waals surface area contributed by atoms with Gasteiger partial charge >= 0.3 is 31.1 Å². The van der Waals surface area contributed by atoms with E-state index in [1.54, 1.807) is 0 Å². The number of rotatable bonds is 15. The summed E-state index contributed by atoms with van der Waals surface area (Å²) >= 11 is 0. The van der Waals surface area contributed by atoms with Crippen LogP contribution in [0.4, 0.5) is 65.9 Å². The molecule has 0 saturated carbocycles. The van der Waals surface area contributed by atoms with Crippen LogP contribution in [0.5, 0.6) is 0 Å². The number of alkyl halides is 15. The van der Waals surface area contributed by atoms with E-state index >= 15 is 0 Å². The summed E-state index contributed by atoms with van der Waals surface area (Å²) in [5.41, 5.74) is 0. The molecule has 0 radical (unpaired) electrons. The summed E-state index contributed by atoms with van der Waals surface area (Å²) in [6.45, 7) is 7.82. The molecule has 0 aromatic carbocycles. The summed E-state index contributed by atoms with van der Waals surface area (Å²) in [6, 6.07) is 0. The van der Waals surface area contributed by atoms with Gasteiger partial charge in [-0.3, -0.25) is 0 Å². The van der Waals surface area contributed by atoms with E-state index in [9.17, 15) is 65.9 Å². The lowest BCUT2D eigenvalue weighted by Crippen LogP contribution is -2.20. The summed E-state index contributed by atoms with van der Waals surface area (Å²) in [5, 5.41) is 0. The molecule has 0 N–H and O–H groups in total. The zero-order chi connectivity index (χ0) is 36.8. The Bertz CT molecular complexity index is 548. The molecule has 0 spiro atoms. The quantitative estimate of drug-likeness (QED) is 0.125. The summed E-state index contributed by atoms with van der Waals surface area (Å²) in [5.74, 6) is 0. The molecule has 0 fully saturated rings. The van der Waals surface area contributed by atoms with E-state index in [2.05, 4.69) is 23.3 Å². The SMILES string of the molecule is CC(F)C(F)(F)F.CCCC(CC(F)(F)F)OC.CCCCCCCCCC.CCCCOCC(F)(F)F.FC(F)C(F)(F)F. The van der Waals surface area contributed by atoms with Crippen LogP contribution in [0, 0.1) is 0 Å². The van der Waals surface area contributed by atoms with E-state index in [1.165, 1.54) is 58.5 Å². The van der Waals surface area contributed by atoms with Crippen molar-refractivity contribution < 1.29 is 75.3 Å². The third-order valence-corrected chi connectivity index (χ3v) is 4.97. The van der Waals surface area contributed by atoms with Gasteiger partial charge in [0.2, 0.25) is 0 Å². The van der Waals surface area contributed by atoms with Crippen molar-refractivity contribution >= 4 is 0 Å². The lowest BCUT2D eigenvalue weighted by atomic mass is 10.1. The summed E-state index contributed by atoms with van der Waals surface area (Å²) < 4.78 is 174. The average molecular weight is 705 g/mol. The zero-order valence-corrected chi connectivity index (χ0v) is 26.8. The maximum absolute atomic E-state index is 11.7. The first-order chi connectivity index (χ1) is 20.4. The maximum atomic E-state index is 11.7. The van der Waals surface area contributed by atoms with Crippen LogP contribution in [0.15, 0.2) is 0 Å². The van der Waals surface area contributed by atoms with Crippen molar-refractivity contribution in [2.45, 2.75) is 161 Å². The molecule has 0 saturated heterocycles. The molecule has 0 aromatic heterocycles. The molecule has 0 heterocycles. The van der Waals surface area contributed by atoms with Crippen molar-refractivity contribution in [1.82, 2.24) is 0 Å². The Hall–Kier alpha value is -1.13. The fraction of sp³-hybridized carbons (Fsp3) is 1.00. The Kier molecular flexibility index (Phi) is 37.3. The smallest absolute Gasteiger partial charge is 0.381 e. The second-order valence-corrected chi connectivity index (χ2v) is 9.61. The first-order valence-electron chi connectivity index (χ1n) is 14.7. The topological polar surface area (TPSA) is 18.5 Å². The molecule has 0 aromatic rings. The van der Waals surface area contributed by atoms with Crippen molar-refractivity contribution in [2.24, 2.45) is 0 Å². The second-order valence-electron chi connectivity index (χ2n) is 9.61. The minimum absolute atomic E-state index is 0.204. The van der Waals surface area contributed by atoms with Crippen LogP contribution in [0.25, 0.3) is 0 Å². The molecular weight excluding hydrogens is 653 g/mol. The highest BCUT2D eigenvalue weighted by Gasteiger charge is 2.40. The summed E-state index contributed by atoms with van der Waals surface area (Å²) in [4.78, 5) is 0. The largest absolute Gasteiger partial charge is 0.450 e. The average Bonchev–Trinajstić information content (AvgIpc) is 2.87. The number of methoxy groups -OCH3 is 1. The molecule has 280 valence electrons. The lowest BCUT2D eigenvalue weighted by molar-refractivity contribution is -0.219. The van der Waals surface area contributed by atoms with Gasteiger partial charge in [-0.25, -0.2) is 13.2 Å². The van der Waals surface area contributed by atoms with Crippen LogP contribution in [0.1, 0.15) is 118 Å². The van der Waals surface area contributed by atoms with Gasteiger partial charge in [0.05, 0.1) is 12.5 Å². The Morgan fingerprint density at radius 2 is 0.889 bits per heavy atom. The fourth-order valence-corrected chi connectivity index (χ4v) is 2.52. The van der Waals surface area contributed by atoms with Gasteiger partial charge < -0.3 is 9.47 Å². The molecular formula is C28H51F15O2. The molecule has 0 rings (SSSR count). The molecule has 0 amide bonds. The zero-order valence-electron chi connectivity index (χ0n) is 26.8. The van der Waals surface area contributed by atoms with Gasteiger partial charge in [0.1, 0.15) is 6.61 Å². The van der Waals surface area contributed by atoms with Gasteiger partial charge in [0.15, 0.2) is 6.17 Å². The molecule has 17 heteroatoms. The number of hydrogen-bond acceptors (Lipinski definition) is 2. The highest BCUT2D eigenvalue weighted by atomic mass is 19.4. The van der Waals surface area contributed by atoms with E-state index in [4.69, 9.17) is 0 Å². The first-order valence-corrected chi connectivity index (χ1v) is 14.7. The Labute approximate surface area is 257 Å². The van der Waals surface area contributed by atoms with E-state index in [-0.39, 0.29) is 6.61 Å². The fourth-order valence-electron chi connectivity index (χ4n) is 2.52. The number of halogens is 15. The van der Waals surface area contributed by atoms with Gasteiger partial charge in [-0.05, 0) is 19.8 Å². The van der Waals surface area contributed by atoms with E-state index in [0.717, 1.165) is 6.42 Å². The number of ether oxygens (including phenoxy) is 2. The van der Waals surface area contributed by atoms with Crippen molar-refractivity contribution in [1.29, 1.82) is 0 Å². The monoisotopic (exact) mass is 704 g/mol. The molecule has 45 heavy (non-hydrogen) atoms. The van der Waals surface area contributed by atoms with E-state index < -0.39 is 56.4 Å². The number of unbranched alkanes of at least 4 members (excludes halogenated alkanes) is 8. The highest BCUT2D eigenvalue weighted by Crippen LogP contribution is 2.25. The minimum atomic E-state index is -5.33.